The molecule has 5 rings (SSSR count). The summed E-state index contributed by atoms with van der Waals surface area (Å²) in [7, 11) is 0. The minimum Gasteiger partial charge on any atom is -0.488 e. The van der Waals surface area contributed by atoms with E-state index in [1.807, 2.05) is 33.8 Å². The average molecular weight is 620 g/mol. The summed E-state index contributed by atoms with van der Waals surface area (Å²) in [5, 5.41) is 3.58. The van der Waals surface area contributed by atoms with Gasteiger partial charge in [0.15, 0.2) is 0 Å². The van der Waals surface area contributed by atoms with Crippen LogP contribution in [-0.2, 0) is 15.7 Å². The zero-order valence-electron chi connectivity index (χ0n) is 24.8. The number of carbonyl (C=O) groups is 1. The number of fused-ring (bicyclic) bond motifs is 1. The van der Waals surface area contributed by atoms with Crippen molar-refractivity contribution in [3.05, 3.63) is 58.6 Å². The number of halogens is 3. The van der Waals surface area contributed by atoms with Gasteiger partial charge >= 0.3 is 6.18 Å². The number of ether oxygens (including phenoxy) is 3. The van der Waals surface area contributed by atoms with E-state index in [0.29, 0.717) is 30.2 Å². The van der Waals surface area contributed by atoms with Crippen LogP contribution >= 0.6 is 11.3 Å². The summed E-state index contributed by atoms with van der Waals surface area (Å²) in [6, 6.07) is 4.80. The third-order valence-electron chi connectivity index (χ3n) is 7.41. The maximum Gasteiger partial charge on any atom is 0.451 e. The van der Waals surface area contributed by atoms with E-state index in [9.17, 15) is 18.0 Å². The minimum atomic E-state index is -4.64. The summed E-state index contributed by atoms with van der Waals surface area (Å²) >= 11 is 1.50. The van der Waals surface area contributed by atoms with Gasteiger partial charge in [0.1, 0.15) is 29.7 Å². The smallest absolute Gasteiger partial charge is 0.451 e. The zero-order valence-corrected chi connectivity index (χ0v) is 25.6. The lowest BCUT2D eigenvalue weighted by Crippen LogP contribution is -2.53. The molecule has 1 N–H and O–H groups in total. The van der Waals surface area contributed by atoms with E-state index >= 15 is 0 Å². The van der Waals surface area contributed by atoms with Crippen molar-refractivity contribution < 1.29 is 32.2 Å². The van der Waals surface area contributed by atoms with Gasteiger partial charge in [0.05, 0.1) is 18.2 Å². The highest BCUT2D eigenvalue weighted by Crippen LogP contribution is 2.36. The van der Waals surface area contributed by atoms with Gasteiger partial charge in [-0.2, -0.15) is 13.2 Å². The molecule has 4 atom stereocenters. The number of benzene rings is 1. The van der Waals surface area contributed by atoms with Crippen molar-refractivity contribution in [1.29, 1.82) is 0 Å². The highest BCUT2D eigenvalue weighted by molar-refractivity contribution is 7.14. The Morgan fingerprint density at radius 2 is 1.88 bits per heavy atom. The number of hydrogen-bond acceptors (Lipinski definition) is 9. The number of hydrogen-bond donors (Lipinski definition) is 1. The fourth-order valence-electron chi connectivity index (χ4n) is 5.21. The van der Waals surface area contributed by atoms with Gasteiger partial charge in [-0.05, 0) is 65.7 Å². The van der Waals surface area contributed by atoms with Crippen molar-refractivity contribution in [3.8, 4) is 16.3 Å². The Kier molecular flexibility index (Phi) is 9.07. The summed E-state index contributed by atoms with van der Waals surface area (Å²) < 4.78 is 57.4. The van der Waals surface area contributed by atoms with Crippen LogP contribution in [0.15, 0.2) is 36.8 Å². The Balaban J connectivity index is 1.34. The number of nitrogens with zero attached hydrogens (tertiary/aromatic N) is 4. The largest absolute Gasteiger partial charge is 0.488 e. The van der Waals surface area contributed by atoms with E-state index < -0.39 is 23.9 Å². The first-order valence-electron chi connectivity index (χ1n) is 14.2. The first-order chi connectivity index (χ1) is 20.3. The number of rotatable bonds is 8. The van der Waals surface area contributed by atoms with Gasteiger partial charge in [-0.1, -0.05) is 0 Å². The van der Waals surface area contributed by atoms with Crippen molar-refractivity contribution in [2.24, 2.45) is 0 Å². The second kappa shape index (κ2) is 12.5. The number of aryl methyl sites for hydroxylation is 1. The van der Waals surface area contributed by atoms with Crippen molar-refractivity contribution in [2.45, 2.75) is 83.5 Å². The van der Waals surface area contributed by atoms with Crippen LogP contribution in [0.25, 0.3) is 10.6 Å². The topological polar surface area (TPSA) is 98.7 Å². The van der Waals surface area contributed by atoms with Gasteiger partial charge in [-0.15, -0.1) is 11.3 Å². The normalized spacial score (nSPS) is 21.8. The zero-order chi connectivity index (χ0) is 30.9. The molecule has 2 fully saturated rings. The van der Waals surface area contributed by atoms with Crippen molar-refractivity contribution in [3.63, 3.8) is 0 Å². The van der Waals surface area contributed by atoms with Crippen molar-refractivity contribution >= 4 is 17.2 Å². The highest BCUT2D eigenvalue weighted by Gasteiger charge is 2.44. The van der Waals surface area contributed by atoms with Crippen LogP contribution in [0, 0.1) is 6.92 Å². The van der Waals surface area contributed by atoms with Gasteiger partial charge in [0.2, 0.25) is 5.82 Å². The molecule has 3 aromatic rings. The number of carbonyl (C=O) groups excluding carboxylic acids is 1. The van der Waals surface area contributed by atoms with E-state index in [1.165, 1.54) is 11.3 Å². The Hall–Kier alpha value is -3.13. The van der Waals surface area contributed by atoms with Crippen LogP contribution in [0.4, 0.5) is 13.2 Å². The fourth-order valence-corrected chi connectivity index (χ4v) is 5.96. The maximum absolute atomic E-state index is 13.4. The first-order valence-corrected chi connectivity index (χ1v) is 15.0. The molecule has 1 aliphatic carbocycles. The highest BCUT2D eigenvalue weighted by atomic mass is 32.1. The van der Waals surface area contributed by atoms with Crippen molar-refractivity contribution in [2.75, 3.05) is 19.9 Å². The molecule has 0 bridgehead atoms. The third kappa shape index (κ3) is 7.69. The molecule has 43 heavy (non-hydrogen) atoms. The summed E-state index contributed by atoms with van der Waals surface area (Å²) in [6.07, 6.45) is 0.598. The molecule has 3 heterocycles. The molecule has 1 aromatic carbocycles. The maximum atomic E-state index is 13.4. The van der Waals surface area contributed by atoms with E-state index in [4.69, 9.17) is 14.2 Å². The predicted molar refractivity (Wildman–Crippen MR) is 155 cm³/mol. The van der Waals surface area contributed by atoms with Crippen LogP contribution in [0.5, 0.6) is 5.75 Å². The molecule has 2 aliphatic rings. The molecule has 1 saturated heterocycles. The van der Waals surface area contributed by atoms with Gasteiger partial charge in [-0.25, -0.2) is 15.0 Å². The molecule has 1 aliphatic heterocycles. The minimum absolute atomic E-state index is 0.139. The summed E-state index contributed by atoms with van der Waals surface area (Å²) in [5.41, 5.74) is 1.16. The monoisotopic (exact) mass is 619 g/mol. The van der Waals surface area contributed by atoms with E-state index in [1.54, 1.807) is 25.3 Å². The molecular weight excluding hydrogens is 583 g/mol. The molecule has 1 amide bonds. The van der Waals surface area contributed by atoms with Gasteiger partial charge in [0.25, 0.3) is 5.91 Å². The Morgan fingerprint density at radius 1 is 1.14 bits per heavy atom. The van der Waals surface area contributed by atoms with Gasteiger partial charge in [-0.3, -0.25) is 9.69 Å². The molecule has 0 radical (unpaired) electrons. The average Bonchev–Trinajstić information content (AvgIpc) is 3.57. The number of amides is 1. The Morgan fingerprint density at radius 3 is 2.53 bits per heavy atom. The molecule has 0 spiro atoms. The SMILES string of the molecule is Cc1cnc(-c2cc(O[C@@H]3CC[C@H]4[C@H]3OCCN4COC(C)(C)C)cc(C(=O)N[C@H](C)c3cnc(C(F)(F)F)nc3)c2)s1. The second-order valence-corrected chi connectivity index (χ2v) is 13.1. The quantitative estimate of drug-likeness (QED) is 0.338. The van der Waals surface area contributed by atoms with Crippen LogP contribution in [0.2, 0.25) is 0 Å². The van der Waals surface area contributed by atoms with Gasteiger partial charge in [0, 0.05) is 52.7 Å². The predicted octanol–water partition coefficient (Wildman–Crippen LogP) is 5.80. The van der Waals surface area contributed by atoms with Gasteiger partial charge < -0.3 is 19.5 Å². The number of nitrogens with one attached hydrogen (secondary N) is 1. The molecule has 0 unspecified atom stereocenters. The molecule has 9 nitrogen and oxygen atoms in total. The Bertz CT molecular complexity index is 1430. The van der Waals surface area contributed by atoms with E-state index in [-0.39, 0.29) is 23.9 Å². The lowest BCUT2D eigenvalue weighted by atomic mass is 10.1. The van der Waals surface area contributed by atoms with Crippen LogP contribution in [0.3, 0.4) is 0 Å². The lowest BCUT2D eigenvalue weighted by Gasteiger charge is -2.39. The number of alkyl halides is 3. The summed E-state index contributed by atoms with van der Waals surface area (Å²) in [5.74, 6) is -1.14. The standard InChI is InChI=1S/C30H36F3N5O4S/c1-17-13-34-27(43-17)20-10-19(26(39)37-18(2)21-14-35-28(36-15-21)30(31,32)33)11-22(12-20)42-24-7-6-23-25(24)40-9-8-38(23)16-41-29(3,4)5/h10-15,18,23-25H,6-9,16H2,1-5H3,(H,37,39)/t18-,23+,24-,25-/m1/s1. The van der Waals surface area contributed by atoms with Crippen LogP contribution in [0.1, 0.15) is 73.2 Å². The molecule has 1 saturated carbocycles. The molecule has 13 heteroatoms. The number of thiazole rings is 1. The molecule has 232 valence electrons. The van der Waals surface area contributed by atoms with Crippen molar-refractivity contribution in [1.82, 2.24) is 25.2 Å². The Labute approximate surface area is 252 Å². The first kappa shape index (κ1) is 31.3. The summed E-state index contributed by atoms with van der Waals surface area (Å²) in [6.45, 7) is 11.6. The third-order valence-corrected chi connectivity index (χ3v) is 8.37. The van der Waals surface area contributed by atoms with E-state index in [0.717, 1.165) is 47.2 Å². The molecule has 2 aromatic heterocycles. The summed E-state index contributed by atoms with van der Waals surface area (Å²) in [4.78, 5) is 28.0. The number of aromatic nitrogens is 3. The molecular formula is C30H36F3N5O4S. The van der Waals surface area contributed by atoms with E-state index in [2.05, 4.69) is 25.2 Å². The lowest BCUT2D eigenvalue weighted by molar-refractivity contribution is -0.145. The second-order valence-electron chi connectivity index (χ2n) is 11.9. The fraction of sp³-hybridized carbons (Fsp3) is 0.533. The van der Waals surface area contributed by atoms with Crippen LogP contribution < -0.4 is 10.1 Å². The van der Waals surface area contributed by atoms with Crippen LogP contribution in [-0.4, -0.2) is 69.5 Å². The number of morpholine rings is 1.